The summed E-state index contributed by atoms with van der Waals surface area (Å²) in [6.45, 7) is 9.31. The predicted octanol–water partition coefficient (Wildman–Crippen LogP) is 3.58. The molecule has 1 unspecified atom stereocenters. The molecule has 1 rings (SSSR count). The Morgan fingerprint density at radius 2 is 2.10 bits per heavy atom. The first-order valence-corrected chi connectivity index (χ1v) is 7.89. The first kappa shape index (κ1) is 17.9. The van der Waals surface area contributed by atoms with E-state index in [1.165, 1.54) is 6.07 Å². The molecule has 0 aromatic heterocycles. The van der Waals surface area contributed by atoms with Gasteiger partial charge in [-0.05, 0) is 38.4 Å². The van der Waals surface area contributed by atoms with E-state index in [4.69, 9.17) is 4.74 Å². The number of hydrogen-bond acceptors (Lipinski definition) is 3. The van der Waals surface area contributed by atoms with Crippen molar-refractivity contribution in [3.63, 3.8) is 0 Å². The van der Waals surface area contributed by atoms with Crippen LogP contribution in [0, 0.1) is 5.82 Å². The lowest BCUT2D eigenvalue weighted by Gasteiger charge is -2.32. The van der Waals surface area contributed by atoms with Gasteiger partial charge in [0.1, 0.15) is 5.82 Å². The summed E-state index contributed by atoms with van der Waals surface area (Å²) >= 11 is 0. The Balaban J connectivity index is 3.01. The molecule has 0 radical (unpaired) electrons. The van der Waals surface area contributed by atoms with Gasteiger partial charge in [0.2, 0.25) is 0 Å². The van der Waals surface area contributed by atoms with E-state index in [0.29, 0.717) is 19.2 Å². The Hall–Kier alpha value is -1.13. The number of halogens is 1. The van der Waals surface area contributed by atoms with Gasteiger partial charge in [-0.2, -0.15) is 0 Å². The molecule has 4 heteroatoms. The van der Waals surface area contributed by atoms with Crippen molar-refractivity contribution in [1.82, 2.24) is 5.32 Å². The minimum Gasteiger partial charge on any atom is -0.383 e. The van der Waals surface area contributed by atoms with Crippen LogP contribution >= 0.6 is 0 Å². The average Bonchev–Trinajstić information content (AvgIpc) is 2.49. The summed E-state index contributed by atoms with van der Waals surface area (Å²) in [6, 6.07) is 5.69. The van der Waals surface area contributed by atoms with E-state index in [1.54, 1.807) is 13.2 Å². The molecule has 0 spiro atoms. The SMILES string of the molecule is CCCNCc1c(F)cccc1N(CCOC)C(C)CC. The molecule has 0 aliphatic heterocycles. The predicted molar refractivity (Wildman–Crippen MR) is 87.4 cm³/mol. The molecule has 21 heavy (non-hydrogen) atoms. The van der Waals surface area contributed by atoms with E-state index in [2.05, 4.69) is 31.0 Å². The van der Waals surface area contributed by atoms with E-state index in [-0.39, 0.29) is 5.82 Å². The van der Waals surface area contributed by atoms with Crippen molar-refractivity contribution in [3.05, 3.63) is 29.6 Å². The summed E-state index contributed by atoms with van der Waals surface area (Å²) in [5.74, 6) is -0.137. The molecule has 1 aromatic carbocycles. The fourth-order valence-corrected chi connectivity index (χ4v) is 2.37. The smallest absolute Gasteiger partial charge is 0.129 e. The molecule has 0 saturated carbocycles. The van der Waals surface area contributed by atoms with E-state index in [9.17, 15) is 4.39 Å². The molecule has 1 N–H and O–H groups in total. The van der Waals surface area contributed by atoms with Crippen molar-refractivity contribution in [3.8, 4) is 0 Å². The monoisotopic (exact) mass is 296 g/mol. The van der Waals surface area contributed by atoms with Gasteiger partial charge in [-0.1, -0.05) is 19.9 Å². The number of ether oxygens (including phenoxy) is 1. The standard InChI is InChI=1S/C17H29FN2O/c1-5-10-19-13-15-16(18)8-7-9-17(15)20(11-12-21-4)14(3)6-2/h7-9,14,19H,5-6,10-13H2,1-4H3. The molecular formula is C17H29FN2O. The molecule has 1 aromatic rings. The van der Waals surface area contributed by atoms with Crippen LogP contribution in [0.25, 0.3) is 0 Å². The van der Waals surface area contributed by atoms with Crippen LogP contribution in [0.5, 0.6) is 0 Å². The molecule has 0 amide bonds. The Labute approximate surface area is 128 Å². The van der Waals surface area contributed by atoms with Crippen molar-refractivity contribution in [2.24, 2.45) is 0 Å². The fraction of sp³-hybridized carbons (Fsp3) is 0.647. The van der Waals surface area contributed by atoms with Gasteiger partial charge < -0.3 is 15.0 Å². The minimum absolute atomic E-state index is 0.137. The van der Waals surface area contributed by atoms with Crippen LogP contribution in [0.3, 0.4) is 0 Å². The van der Waals surface area contributed by atoms with Crippen molar-refractivity contribution in [1.29, 1.82) is 0 Å². The lowest BCUT2D eigenvalue weighted by atomic mass is 10.1. The van der Waals surface area contributed by atoms with Crippen LogP contribution < -0.4 is 10.2 Å². The molecule has 1 atom stereocenters. The molecule has 0 aliphatic rings. The van der Waals surface area contributed by atoms with E-state index < -0.39 is 0 Å². The second-order valence-corrected chi connectivity index (χ2v) is 5.36. The molecule has 0 aliphatic carbocycles. The van der Waals surface area contributed by atoms with Gasteiger partial charge >= 0.3 is 0 Å². The summed E-state index contributed by atoms with van der Waals surface area (Å²) < 4.78 is 19.4. The van der Waals surface area contributed by atoms with Crippen molar-refractivity contribution >= 4 is 5.69 Å². The zero-order valence-corrected chi connectivity index (χ0v) is 13.8. The molecule has 0 fully saturated rings. The topological polar surface area (TPSA) is 24.5 Å². The van der Waals surface area contributed by atoms with Gasteiger partial charge in [0.05, 0.1) is 6.61 Å². The first-order chi connectivity index (χ1) is 10.2. The highest BCUT2D eigenvalue weighted by atomic mass is 19.1. The van der Waals surface area contributed by atoms with Crippen molar-refractivity contribution in [2.45, 2.75) is 46.2 Å². The summed E-state index contributed by atoms with van der Waals surface area (Å²) in [6.07, 6.45) is 2.06. The van der Waals surface area contributed by atoms with Crippen LogP contribution in [-0.4, -0.2) is 32.8 Å². The third-order valence-corrected chi connectivity index (χ3v) is 3.79. The maximum atomic E-state index is 14.2. The molecule has 0 heterocycles. The maximum Gasteiger partial charge on any atom is 0.129 e. The van der Waals surface area contributed by atoms with Crippen LogP contribution in [-0.2, 0) is 11.3 Å². The average molecular weight is 296 g/mol. The quantitative estimate of drug-likeness (QED) is 0.668. The zero-order chi connectivity index (χ0) is 15.7. The second-order valence-electron chi connectivity index (χ2n) is 5.36. The first-order valence-electron chi connectivity index (χ1n) is 7.89. The van der Waals surface area contributed by atoms with Crippen molar-refractivity contribution < 1.29 is 9.13 Å². The van der Waals surface area contributed by atoms with E-state index in [1.807, 2.05) is 6.07 Å². The van der Waals surface area contributed by atoms with Gasteiger partial charge in [0.15, 0.2) is 0 Å². The number of hydrogen-bond donors (Lipinski definition) is 1. The van der Waals surface area contributed by atoms with Gasteiger partial charge in [0.25, 0.3) is 0 Å². The van der Waals surface area contributed by atoms with Gasteiger partial charge in [-0.3, -0.25) is 0 Å². The number of nitrogens with zero attached hydrogens (tertiary/aromatic N) is 1. The summed E-state index contributed by atoms with van der Waals surface area (Å²) in [5.41, 5.74) is 1.73. The Morgan fingerprint density at radius 1 is 1.33 bits per heavy atom. The number of methoxy groups -OCH3 is 1. The van der Waals surface area contributed by atoms with Crippen LogP contribution in [0.2, 0.25) is 0 Å². The van der Waals surface area contributed by atoms with Crippen LogP contribution in [0.1, 0.15) is 39.2 Å². The Kier molecular flexibility index (Phi) is 8.31. The highest BCUT2D eigenvalue weighted by Gasteiger charge is 2.18. The number of anilines is 1. The normalized spacial score (nSPS) is 12.4. The second kappa shape index (κ2) is 9.74. The van der Waals surface area contributed by atoms with E-state index in [0.717, 1.165) is 37.2 Å². The largest absolute Gasteiger partial charge is 0.383 e. The summed E-state index contributed by atoms with van der Waals surface area (Å²) in [5, 5.41) is 3.30. The van der Waals surface area contributed by atoms with Gasteiger partial charge in [0, 0.05) is 37.5 Å². The number of nitrogens with one attached hydrogen (secondary N) is 1. The lowest BCUT2D eigenvalue weighted by Crippen LogP contribution is -2.36. The van der Waals surface area contributed by atoms with E-state index >= 15 is 0 Å². The summed E-state index contributed by atoms with van der Waals surface area (Å²) in [7, 11) is 1.70. The molecule has 0 bridgehead atoms. The third kappa shape index (κ3) is 5.29. The highest BCUT2D eigenvalue weighted by molar-refractivity contribution is 5.55. The molecule has 120 valence electrons. The van der Waals surface area contributed by atoms with Crippen molar-refractivity contribution in [2.75, 3.05) is 31.7 Å². The molecule has 0 saturated heterocycles. The summed E-state index contributed by atoms with van der Waals surface area (Å²) in [4.78, 5) is 2.25. The fourth-order valence-electron chi connectivity index (χ4n) is 2.37. The van der Waals surface area contributed by atoms with Crippen LogP contribution in [0.15, 0.2) is 18.2 Å². The van der Waals surface area contributed by atoms with Crippen LogP contribution in [0.4, 0.5) is 10.1 Å². The Bertz CT molecular complexity index is 412. The molecular weight excluding hydrogens is 267 g/mol. The maximum absolute atomic E-state index is 14.2. The zero-order valence-electron chi connectivity index (χ0n) is 13.8. The third-order valence-electron chi connectivity index (χ3n) is 3.79. The lowest BCUT2D eigenvalue weighted by molar-refractivity contribution is 0.203. The number of rotatable bonds is 10. The Morgan fingerprint density at radius 3 is 2.71 bits per heavy atom. The minimum atomic E-state index is -0.137. The highest BCUT2D eigenvalue weighted by Crippen LogP contribution is 2.26. The molecule has 3 nitrogen and oxygen atoms in total. The van der Waals surface area contributed by atoms with Gasteiger partial charge in [-0.15, -0.1) is 0 Å². The van der Waals surface area contributed by atoms with Gasteiger partial charge in [-0.25, -0.2) is 4.39 Å². The number of benzene rings is 1.